The number of anilines is 1. The molecule has 0 radical (unpaired) electrons. The van der Waals surface area contributed by atoms with E-state index in [-0.39, 0.29) is 0 Å². The zero-order chi connectivity index (χ0) is 18.4. The van der Waals surface area contributed by atoms with E-state index in [0.29, 0.717) is 18.2 Å². The van der Waals surface area contributed by atoms with Crippen molar-refractivity contribution in [2.75, 3.05) is 25.0 Å². The van der Waals surface area contributed by atoms with E-state index in [2.05, 4.69) is 15.5 Å². The second-order valence-corrected chi connectivity index (χ2v) is 6.83. The minimum absolute atomic E-state index is 0.402. The van der Waals surface area contributed by atoms with Gasteiger partial charge in [0.25, 0.3) is 0 Å². The van der Waals surface area contributed by atoms with Gasteiger partial charge in [0.1, 0.15) is 5.76 Å². The van der Waals surface area contributed by atoms with Gasteiger partial charge in [-0.2, -0.15) is 0 Å². The Kier molecular flexibility index (Phi) is 6.07. The van der Waals surface area contributed by atoms with Crippen LogP contribution in [0.5, 0.6) is 0 Å². The van der Waals surface area contributed by atoms with Crippen molar-refractivity contribution in [3.05, 3.63) is 54.0 Å². The van der Waals surface area contributed by atoms with Gasteiger partial charge in [0, 0.05) is 12.2 Å². The Morgan fingerprint density at radius 1 is 1.12 bits per heavy atom. The molecule has 1 fully saturated rings. The molecule has 1 aromatic heterocycles. The Morgan fingerprint density at radius 3 is 2.50 bits per heavy atom. The molecule has 1 aliphatic rings. The number of carbonyl (C=O) groups is 2. The third-order valence-corrected chi connectivity index (χ3v) is 4.73. The molecule has 1 aliphatic heterocycles. The molecule has 2 heterocycles. The molecule has 0 atom stereocenters. The Balaban J connectivity index is 1.36. The van der Waals surface area contributed by atoms with E-state index >= 15 is 0 Å². The lowest BCUT2D eigenvalue weighted by molar-refractivity contribution is -0.136. The van der Waals surface area contributed by atoms with Gasteiger partial charge in [0.05, 0.1) is 12.8 Å². The van der Waals surface area contributed by atoms with E-state index < -0.39 is 11.8 Å². The summed E-state index contributed by atoms with van der Waals surface area (Å²) in [5.74, 6) is 0.177. The number of piperidine rings is 1. The molecule has 138 valence electrons. The molecule has 2 N–H and O–H groups in total. The Hall–Kier alpha value is -2.60. The largest absolute Gasteiger partial charge is 0.468 e. The highest BCUT2D eigenvalue weighted by molar-refractivity contribution is 6.39. The number of rotatable bonds is 5. The maximum absolute atomic E-state index is 12.0. The molecule has 3 rings (SSSR count). The van der Waals surface area contributed by atoms with Crippen LogP contribution < -0.4 is 10.6 Å². The lowest BCUT2D eigenvalue weighted by Gasteiger charge is -2.31. The first-order valence-electron chi connectivity index (χ1n) is 9.01. The number of aryl methyl sites for hydroxylation is 1. The number of benzene rings is 1. The third-order valence-electron chi connectivity index (χ3n) is 4.73. The minimum atomic E-state index is -0.621. The molecule has 6 heteroatoms. The van der Waals surface area contributed by atoms with E-state index in [4.69, 9.17) is 4.42 Å². The summed E-state index contributed by atoms with van der Waals surface area (Å²) >= 11 is 0. The van der Waals surface area contributed by atoms with Crippen molar-refractivity contribution in [2.24, 2.45) is 5.92 Å². The lowest BCUT2D eigenvalue weighted by Crippen LogP contribution is -2.41. The molecule has 0 bridgehead atoms. The maximum Gasteiger partial charge on any atom is 0.313 e. The molecular formula is C20H25N3O3. The van der Waals surface area contributed by atoms with Crippen molar-refractivity contribution in [3.8, 4) is 0 Å². The van der Waals surface area contributed by atoms with Gasteiger partial charge in [-0.3, -0.25) is 14.5 Å². The summed E-state index contributed by atoms with van der Waals surface area (Å²) in [6.07, 6.45) is 3.69. The zero-order valence-electron chi connectivity index (χ0n) is 15.0. The normalized spacial score (nSPS) is 15.6. The Labute approximate surface area is 153 Å². The van der Waals surface area contributed by atoms with Crippen LogP contribution in [0.3, 0.4) is 0 Å². The van der Waals surface area contributed by atoms with Gasteiger partial charge >= 0.3 is 11.8 Å². The van der Waals surface area contributed by atoms with Gasteiger partial charge < -0.3 is 15.1 Å². The molecule has 2 amide bonds. The van der Waals surface area contributed by atoms with Crippen LogP contribution in [-0.2, 0) is 16.1 Å². The summed E-state index contributed by atoms with van der Waals surface area (Å²) in [6, 6.07) is 11.2. The molecule has 6 nitrogen and oxygen atoms in total. The number of nitrogens with one attached hydrogen (secondary N) is 2. The molecule has 1 saturated heterocycles. The highest BCUT2D eigenvalue weighted by atomic mass is 16.3. The van der Waals surface area contributed by atoms with E-state index in [1.165, 1.54) is 0 Å². The lowest BCUT2D eigenvalue weighted by atomic mass is 9.96. The van der Waals surface area contributed by atoms with Gasteiger partial charge in [0.2, 0.25) is 0 Å². The number of carbonyl (C=O) groups excluding carboxylic acids is 2. The van der Waals surface area contributed by atoms with E-state index in [1.807, 2.05) is 31.2 Å². The average Bonchev–Trinajstić information content (AvgIpc) is 3.16. The summed E-state index contributed by atoms with van der Waals surface area (Å²) in [5, 5.41) is 5.37. The predicted octanol–water partition coefficient (Wildman–Crippen LogP) is 2.55. The quantitative estimate of drug-likeness (QED) is 0.809. The fourth-order valence-corrected chi connectivity index (χ4v) is 3.11. The molecule has 26 heavy (non-hydrogen) atoms. The molecule has 0 saturated carbocycles. The highest BCUT2D eigenvalue weighted by Gasteiger charge is 2.21. The molecule has 0 spiro atoms. The molecule has 1 aromatic carbocycles. The zero-order valence-corrected chi connectivity index (χ0v) is 15.0. The molecular weight excluding hydrogens is 330 g/mol. The monoisotopic (exact) mass is 355 g/mol. The second kappa shape index (κ2) is 8.67. The fourth-order valence-electron chi connectivity index (χ4n) is 3.11. The van der Waals surface area contributed by atoms with Crippen LogP contribution in [-0.4, -0.2) is 36.3 Å². The SMILES string of the molecule is Cc1ccc(NC(=O)C(=O)NCC2CCN(Cc3ccco3)CC2)cc1. The van der Waals surface area contributed by atoms with E-state index in [1.54, 1.807) is 18.4 Å². The molecule has 0 aliphatic carbocycles. The van der Waals surface area contributed by atoms with Crippen LogP contribution in [0.4, 0.5) is 5.69 Å². The van der Waals surface area contributed by atoms with Crippen LogP contribution in [0.15, 0.2) is 47.1 Å². The van der Waals surface area contributed by atoms with Gasteiger partial charge in [0.15, 0.2) is 0 Å². The summed E-state index contributed by atoms with van der Waals surface area (Å²) in [7, 11) is 0. The van der Waals surface area contributed by atoms with Crippen molar-refractivity contribution < 1.29 is 14.0 Å². The molecule has 0 unspecified atom stereocenters. The number of hydrogen-bond donors (Lipinski definition) is 2. The smallest absolute Gasteiger partial charge is 0.313 e. The predicted molar refractivity (Wildman–Crippen MR) is 99.5 cm³/mol. The highest BCUT2D eigenvalue weighted by Crippen LogP contribution is 2.18. The minimum Gasteiger partial charge on any atom is -0.468 e. The third kappa shape index (κ3) is 5.20. The van der Waals surface area contributed by atoms with Crippen molar-refractivity contribution in [2.45, 2.75) is 26.3 Å². The van der Waals surface area contributed by atoms with Gasteiger partial charge in [-0.1, -0.05) is 17.7 Å². The Bertz CT molecular complexity index is 717. The summed E-state index contributed by atoms with van der Waals surface area (Å²) in [4.78, 5) is 26.3. The summed E-state index contributed by atoms with van der Waals surface area (Å²) in [5.41, 5.74) is 1.73. The van der Waals surface area contributed by atoms with Crippen LogP contribution in [0.25, 0.3) is 0 Å². The van der Waals surface area contributed by atoms with Crippen molar-refractivity contribution in [1.29, 1.82) is 0 Å². The van der Waals surface area contributed by atoms with Crippen LogP contribution in [0, 0.1) is 12.8 Å². The molecule has 2 aromatic rings. The van der Waals surface area contributed by atoms with Crippen molar-refractivity contribution in [1.82, 2.24) is 10.2 Å². The fraction of sp³-hybridized carbons (Fsp3) is 0.400. The van der Waals surface area contributed by atoms with Crippen LogP contribution in [0.2, 0.25) is 0 Å². The Morgan fingerprint density at radius 2 is 1.85 bits per heavy atom. The van der Waals surface area contributed by atoms with Crippen LogP contribution >= 0.6 is 0 Å². The summed E-state index contributed by atoms with van der Waals surface area (Å²) in [6.45, 7) is 5.27. The van der Waals surface area contributed by atoms with Gasteiger partial charge in [-0.25, -0.2) is 0 Å². The van der Waals surface area contributed by atoms with Crippen LogP contribution in [0.1, 0.15) is 24.2 Å². The first-order chi connectivity index (χ1) is 12.6. The first kappa shape index (κ1) is 18.2. The summed E-state index contributed by atoms with van der Waals surface area (Å²) < 4.78 is 5.38. The number of nitrogens with zero attached hydrogens (tertiary/aromatic N) is 1. The van der Waals surface area contributed by atoms with Crippen molar-refractivity contribution >= 4 is 17.5 Å². The number of amides is 2. The topological polar surface area (TPSA) is 74.6 Å². The standard InChI is InChI=1S/C20H25N3O3/c1-15-4-6-17(7-5-15)22-20(25)19(24)21-13-16-8-10-23(11-9-16)14-18-3-2-12-26-18/h2-7,12,16H,8-11,13-14H2,1H3,(H,21,24)(H,22,25). The van der Waals surface area contributed by atoms with E-state index in [0.717, 1.165) is 43.8 Å². The number of furan rings is 1. The number of likely N-dealkylation sites (tertiary alicyclic amines) is 1. The van der Waals surface area contributed by atoms with Gasteiger partial charge in [-0.15, -0.1) is 0 Å². The van der Waals surface area contributed by atoms with E-state index in [9.17, 15) is 9.59 Å². The maximum atomic E-state index is 12.0. The second-order valence-electron chi connectivity index (χ2n) is 6.83. The average molecular weight is 355 g/mol. The number of hydrogen-bond acceptors (Lipinski definition) is 4. The first-order valence-corrected chi connectivity index (χ1v) is 9.01. The van der Waals surface area contributed by atoms with Gasteiger partial charge in [-0.05, 0) is 63.0 Å². The van der Waals surface area contributed by atoms with Crippen molar-refractivity contribution in [3.63, 3.8) is 0 Å².